The van der Waals surface area contributed by atoms with Crippen molar-refractivity contribution in [3.8, 4) is 0 Å². The second kappa shape index (κ2) is 7.42. The van der Waals surface area contributed by atoms with Crippen molar-refractivity contribution in [2.24, 2.45) is 0 Å². The van der Waals surface area contributed by atoms with Crippen LogP contribution in [0.3, 0.4) is 0 Å². The number of methoxy groups -OCH3 is 1. The molecule has 3 aliphatic heterocycles. The summed E-state index contributed by atoms with van der Waals surface area (Å²) < 4.78 is 38.8. The van der Waals surface area contributed by atoms with Crippen LogP contribution in [0.4, 0.5) is 0 Å². The molecule has 0 radical (unpaired) electrons. The van der Waals surface area contributed by atoms with Crippen LogP contribution >= 0.6 is 0 Å². The third-order valence-corrected chi connectivity index (χ3v) is 15.5. The topological polar surface area (TPSA) is 55.4 Å². The predicted molar refractivity (Wildman–Crippen MR) is 92.1 cm³/mol. The average Bonchev–Trinajstić information content (AvgIpc) is 3.08. The molecule has 7 heteroatoms. The molecule has 3 fully saturated rings. The van der Waals surface area contributed by atoms with Crippen molar-refractivity contribution in [2.75, 3.05) is 13.7 Å². The molecular formula is C18H26O6Sn. The number of fused-ring (bicyclic) bond motifs is 3. The standard InChI is InChI=1S/C14H16O6.2C2H5.Sn/c1-17-14-11(16)10(15)12-9(19-14)7-18-13(20-12)8-5-3-2-4-6-8;2*1-2;/h2-6,9-14H,7H2,1H3;2*1H2,2H3;/q-2;;;+2/t9-,10+,11+,12+,13+,14-;;;/m1.../s1. The van der Waals surface area contributed by atoms with E-state index in [0.29, 0.717) is 6.61 Å². The van der Waals surface area contributed by atoms with Crippen LogP contribution in [0.15, 0.2) is 30.3 Å². The summed E-state index contributed by atoms with van der Waals surface area (Å²) in [4.78, 5) is 0. The maximum absolute atomic E-state index is 6.58. The third kappa shape index (κ3) is 3.26. The van der Waals surface area contributed by atoms with Crippen LogP contribution in [-0.4, -0.2) is 63.6 Å². The van der Waals surface area contributed by atoms with E-state index in [1.54, 1.807) is 7.11 Å². The Morgan fingerprint density at radius 1 is 1.00 bits per heavy atom. The second-order valence-electron chi connectivity index (χ2n) is 6.74. The van der Waals surface area contributed by atoms with Gasteiger partial charge in [-0.3, -0.25) is 0 Å². The zero-order valence-electron chi connectivity index (χ0n) is 14.9. The van der Waals surface area contributed by atoms with Crippen molar-refractivity contribution < 1.29 is 25.1 Å². The SMILES string of the molecule is C[CH2][Sn]1([CH2]C)[O][C@H]2[C@H]([O]1)[C@H](OC)O[C@@H]1CO[C@H](c3ccccc3)O[C@H]21. The van der Waals surface area contributed by atoms with Crippen molar-refractivity contribution >= 4 is 19.2 Å². The molecule has 1 aromatic carbocycles. The summed E-state index contributed by atoms with van der Waals surface area (Å²) >= 11 is -3.06. The van der Waals surface area contributed by atoms with Gasteiger partial charge in [0.2, 0.25) is 0 Å². The first kappa shape index (κ1) is 18.2. The van der Waals surface area contributed by atoms with E-state index in [-0.39, 0.29) is 24.4 Å². The Balaban J connectivity index is 1.58. The molecule has 1 aromatic rings. The molecule has 0 saturated carbocycles. The normalized spacial score (nSPS) is 39.6. The van der Waals surface area contributed by atoms with E-state index in [1.165, 1.54) is 0 Å². The van der Waals surface area contributed by atoms with Gasteiger partial charge < -0.3 is 0 Å². The fraction of sp³-hybridized carbons (Fsp3) is 0.667. The summed E-state index contributed by atoms with van der Waals surface area (Å²) in [5.74, 6) is 0. The van der Waals surface area contributed by atoms with E-state index in [1.807, 2.05) is 30.3 Å². The quantitative estimate of drug-likeness (QED) is 0.649. The Bertz CT molecular complexity index is 580. The molecule has 0 aliphatic carbocycles. The van der Waals surface area contributed by atoms with Crippen LogP contribution in [-0.2, 0) is 25.1 Å². The van der Waals surface area contributed by atoms with E-state index in [2.05, 4.69) is 13.8 Å². The Morgan fingerprint density at radius 3 is 2.40 bits per heavy atom. The number of hydrogen-bond acceptors (Lipinski definition) is 6. The van der Waals surface area contributed by atoms with Crippen LogP contribution in [0.5, 0.6) is 0 Å². The molecule has 3 heterocycles. The van der Waals surface area contributed by atoms with Gasteiger partial charge in [0.1, 0.15) is 0 Å². The van der Waals surface area contributed by atoms with Gasteiger partial charge in [0.25, 0.3) is 0 Å². The Labute approximate surface area is 153 Å². The van der Waals surface area contributed by atoms with Gasteiger partial charge in [-0.25, -0.2) is 0 Å². The summed E-state index contributed by atoms with van der Waals surface area (Å²) in [5, 5.41) is 0. The summed E-state index contributed by atoms with van der Waals surface area (Å²) in [5.41, 5.74) is 1.01. The van der Waals surface area contributed by atoms with E-state index < -0.39 is 31.8 Å². The molecule has 3 saturated heterocycles. The molecule has 4 rings (SSSR count). The molecule has 0 bridgehead atoms. The predicted octanol–water partition coefficient (Wildman–Crippen LogP) is 2.74. The van der Waals surface area contributed by atoms with Crippen molar-refractivity contribution in [1.29, 1.82) is 0 Å². The maximum atomic E-state index is 6.58. The number of hydrogen-bond donors (Lipinski definition) is 0. The molecule has 0 N–H and O–H groups in total. The molecule has 0 spiro atoms. The Kier molecular flexibility index (Phi) is 5.39. The molecule has 0 aromatic heterocycles. The van der Waals surface area contributed by atoms with Crippen molar-refractivity contribution in [3.05, 3.63) is 35.9 Å². The minimum atomic E-state index is -3.06. The molecule has 6 nitrogen and oxygen atoms in total. The van der Waals surface area contributed by atoms with Gasteiger partial charge in [-0.15, -0.1) is 0 Å². The average molecular weight is 457 g/mol. The first-order valence-electron chi connectivity index (χ1n) is 9.05. The van der Waals surface area contributed by atoms with Crippen LogP contribution in [0.1, 0.15) is 25.7 Å². The van der Waals surface area contributed by atoms with Gasteiger partial charge in [-0.05, 0) is 0 Å². The molecule has 138 valence electrons. The zero-order valence-corrected chi connectivity index (χ0v) is 17.8. The van der Waals surface area contributed by atoms with Crippen LogP contribution in [0.2, 0.25) is 8.87 Å². The van der Waals surface area contributed by atoms with Gasteiger partial charge in [0.05, 0.1) is 0 Å². The number of benzene rings is 1. The molecule has 25 heavy (non-hydrogen) atoms. The first-order chi connectivity index (χ1) is 12.2. The second-order valence-corrected chi connectivity index (χ2v) is 17.3. The van der Waals surface area contributed by atoms with Crippen molar-refractivity contribution in [3.63, 3.8) is 0 Å². The fourth-order valence-corrected chi connectivity index (χ4v) is 11.7. The van der Waals surface area contributed by atoms with Gasteiger partial charge in [0, 0.05) is 0 Å². The third-order valence-electron chi connectivity index (χ3n) is 5.37. The van der Waals surface area contributed by atoms with E-state index in [9.17, 15) is 0 Å². The zero-order chi connectivity index (χ0) is 17.4. The van der Waals surface area contributed by atoms with Gasteiger partial charge in [-0.1, -0.05) is 0 Å². The van der Waals surface area contributed by atoms with Crippen molar-refractivity contribution in [1.82, 2.24) is 0 Å². The number of rotatable bonds is 4. The summed E-state index contributed by atoms with van der Waals surface area (Å²) in [7, 11) is 1.65. The molecule has 3 aliphatic rings. The van der Waals surface area contributed by atoms with Gasteiger partial charge in [-0.2, -0.15) is 0 Å². The fourth-order valence-electron chi connectivity index (χ4n) is 3.88. The monoisotopic (exact) mass is 458 g/mol. The Morgan fingerprint density at radius 2 is 1.72 bits per heavy atom. The van der Waals surface area contributed by atoms with Crippen LogP contribution in [0.25, 0.3) is 0 Å². The van der Waals surface area contributed by atoms with E-state index in [4.69, 9.17) is 25.1 Å². The molecule has 6 atom stereocenters. The van der Waals surface area contributed by atoms with E-state index in [0.717, 1.165) is 14.4 Å². The van der Waals surface area contributed by atoms with Crippen molar-refractivity contribution in [2.45, 2.75) is 59.7 Å². The molecule has 0 amide bonds. The summed E-state index contributed by atoms with van der Waals surface area (Å²) in [6.07, 6.45) is -1.59. The van der Waals surface area contributed by atoms with Crippen LogP contribution < -0.4 is 0 Å². The van der Waals surface area contributed by atoms with Gasteiger partial charge >= 0.3 is 154 Å². The van der Waals surface area contributed by atoms with Gasteiger partial charge in [0.15, 0.2) is 0 Å². The minimum absolute atomic E-state index is 0.144. The summed E-state index contributed by atoms with van der Waals surface area (Å²) in [6.45, 7) is 4.78. The number of ether oxygens (including phenoxy) is 4. The molecule has 0 unspecified atom stereocenters. The molecular weight excluding hydrogens is 431 g/mol. The van der Waals surface area contributed by atoms with Crippen LogP contribution in [0, 0.1) is 0 Å². The summed E-state index contributed by atoms with van der Waals surface area (Å²) in [6, 6.07) is 9.98. The Hall–Kier alpha value is -0.221. The first-order valence-corrected chi connectivity index (χ1v) is 15.4. The van der Waals surface area contributed by atoms with E-state index >= 15 is 0 Å².